The van der Waals surface area contributed by atoms with Crippen LogP contribution in [-0.2, 0) is 6.42 Å². The summed E-state index contributed by atoms with van der Waals surface area (Å²) in [5.74, 6) is 0.107. The summed E-state index contributed by atoms with van der Waals surface area (Å²) >= 11 is 1.62. The van der Waals surface area contributed by atoms with Gasteiger partial charge in [0.2, 0.25) is 0 Å². The summed E-state index contributed by atoms with van der Waals surface area (Å²) in [5, 5.41) is 3.17. The molecule has 0 aliphatic heterocycles. The van der Waals surface area contributed by atoms with Crippen molar-refractivity contribution in [2.45, 2.75) is 13.3 Å². The second-order valence-corrected chi connectivity index (χ2v) is 5.44. The van der Waals surface area contributed by atoms with Gasteiger partial charge in [0, 0.05) is 15.8 Å². The molecule has 2 heteroatoms. The number of benzene rings is 2. The van der Waals surface area contributed by atoms with Crippen LogP contribution in [0.25, 0.3) is 10.1 Å². The number of rotatable bonds is 3. The van der Waals surface area contributed by atoms with E-state index < -0.39 is 0 Å². The van der Waals surface area contributed by atoms with Crippen molar-refractivity contribution >= 4 is 27.2 Å². The Morgan fingerprint density at radius 3 is 2.58 bits per heavy atom. The fraction of sp³-hybridized carbons (Fsp3) is 0.118. The summed E-state index contributed by atoms with van der Waals surface area (Å²) in [5.41, 5.74) is 2.82. The van der Waals surface area contributed by atoms with Crippen molar-refractivity contribution < 1.29 is 4.79 Å². The highest BCUT2D eigenvalue weighted by molar-refractivity contribution is 7.17. The third-order valence-corrected chi connectivity index (χ3v) is 4.31. The Kier molecular flexibility index (Phi) is 3.18. The molecule has 0 saturated heterocycles. The lowest BCUT2D eigenvalue weighted by Gasteiger charge is -2.04. The number of thiophene rings is 1. The van der Waals surface area contributed by atoms with E-state index in [-0.39, 0.29) is 5.78 Å². The molecule has 0 N–H and O–H groups in total. The van der Waals surface area contributed by atoms with E-state index in [4.69, 9.17) is 0 Å². The molecule has 0 spiro atoms. The highest BCUT2D eigenvalue weighted by atomic mass is 32.1. The Hall–Kier alpha value is -1.93. The monoisotopic (exact) mass is 266 g/mol. The fourth-order valence-electron chi connectivity index (χ4n) is 2.22. The molecule has 94 valence electrons. The first kappa shape index (κ1) is 12.1. The minimum Gasteiger partial charge on any atom is -0.289 e. The molecule has 0 aliphatic carbocycles. The van der Waals surface area contributed by atoms with Crippen molar-refractivity contribution in [2.24, 2.45) is 0 Å². The molecule has 1 heterocycles. The number of ketones is 1. The van der Waals surface area contributed by atoms with Crippen molar-refractivity contribution in [3.63, 3.8) is 0 Å². The lowest BCUT2D eigenvalue weighted by Crippen LogP contribution is -2.01. The van der Waals surface area contributed by atoms with Gasteiger partial charge >= 0.3 is 0 Å². The Morgan fingerprint density at radius 1 is 1.05 bits per heavy atom. The molecular formula is C17H14OS. The molecule has 0 fully saturated rings. The maximum Gasteiger partial charge on any atom is 0.194 e. The number of hydrogen-bond donors (Lipinski definition) is 0. The molecule has 0 radical (unpaired) electrons. The number of carbonyl (C=O) groups excluding carboxylic acids is 1. The molecule has 0 atom stereocenters. The maximum atomic E-state index is 12.6. The lowest BCUT2D eigenvalue weighted by atomic mass is 10.0. The molecule has 1 aromatic heterocycles. The molecule has 3 rings (SSSR count). The van der Waals surface area contributed by atoms with E-state index in [0.717, 1.165) is 27.6 Å². The van der Waals surface area contributed by atoms with Gasteiger partial charge in [0.15, 0.2) is 5.78 Å². The van der Waals surface area contributed by atoms with Gasteiger partial charge in [-0.05, 0) is 34.9 Å². The predicted molar refractivity (Wildman–Crippen MR) is 81.1 cm³/mol. The molecule has 0 aliphatic rings. The van der Waals surface area contributed by atoms with E-state index in [1.807, 2.05) is 47.8 Å². The van der Waals surface area contributed by atoms with Gasteiger partial charge < -0.3 is 0 Å². The van der Waals surface area contributed by atoms with E-state index in [1.54, 1.807) is 11.3 Å². The van der Waals surface area contributed by atoms with Gasteiger partial charge in [0.25, 0.3) is 0 Å². The third kappa shape index (κ3) is 2.20. The van der Waals surface area contributed by atoms with E-state index >= 15 is 0 Å². The summed E-state index contributed by atoms with van der Waals surface area (Å²) in [6.07, 6.45) is 0.995. The minimum atomic E-state index is 0.107. The molecular weight excluding hydrogens is 252 g/mol. The van der Waals surface area contributed by atoms with Crippen LogP contribution in [0, 0.1) is 0 Å². The Balaban J connectivity index is 2.05. The second-order valence-electron chi connectivity index (χ2n) is 4.52. The summed E-state index contributed by atoms with van der Waals surface area (Å²) < 4.78 is 1.08. The van der Waals surface area contributed by atoms with E-state index in [9.17, 15) is 4.79 Å². The smallest absolute Gasteiger partial charge is 0.194 e. The first-order valence-corrected chi connectivity index (χ1v) is 7.27. The zero-order chi connectivity index (χ0) is 13.2. The van der Waals surface area contributed by atoms with Crippen molar-refractivity contribution in [3.05, 3.63) is 70.6 Å². The molecule has 1 nitrogen and oxygen atoms in total. The van der Waals surface area contributed by atoms with E-state index in [1.165, 1.54) is 5.56 Å². The van der Waals surface area contributed by atoms with Gasteiger partial charge in [-0.1, -0.05) is 43.3 Å². The maximum absolute atomic E-state index is 12.6. The molecule has 0 amide bonds. The number of fused-ring (bicyclic) bond motifs is 1. The summed E-state index contributed by atoms with van der Waals surface area (Å²) in [6.45, 7) is 2.11. The van der Waals surface area contributed by atoms with Crippen LogP contribution in [0.4, 0.5) is 0 Å². The summed E-state index contributed by atoms with van der Waals surface area (Å²) in [7, 11) is 0. The van der Waals surface area contributed by atoms with Crippen molar-refractivity contribution in [3.8, 4) is 0 Å². The predicted octanol–water partition coefficient (Wildman–Crippen LogP) is 4.69. The fourth-order valence-corrected chi connectivity index (χ4v) is 3.13. The molecule has 3 aromatic rings. The number of aryl methyl sites for hydroxylation is 1. The van der Waals surface area contributed by atoms with Crippen LogP contribution in [0.15, 0.2) is 53.9 Å². The van der Waals surface area contributed by atoms with Gasteiger partial charge in [-0.3, -0.25) is 4.79 Å². The van der Waals surface area contributed by atoms with Crippen LogP contribution >= 0.6 is 11.3 Å². The van der Waals surface area contributed by atoms with Gasteiger partial charge in [0.05, 0.1) is 0 Å². The van der Waals surface area contributed by atoms with Gasteiger partial charge in [-0.25, -0.2) is 0 Å². The normalized spacial score (nSPS) is 10.8. The van der Waals surface area contributed by atoms with Gasteiger partial charge in [-0.15, -0.1) is 11.3 Å². The van der Waals surface area contributed by atoms with Crippen LogP contribution in [0.5, 0.6) is 0 Å². The summed E-state index contributed by atoms with van der Waals surface area (Å²) in [6, 6.07) is 15.9. The first-order chi connectivity index (χ1) is 9.29. The van der Waals surface area contributed by atoms with Crippen molar-refractivity contribution in [1.29, 1.82) is 0 Å². The average Bonchev–Trinajstić information content (AvgIpc) is 2.95. The van der Waals surface area contributed by atoms with Crippen molar-refractivity contribution in [2.75, 3.05) is 0 Å². The first-order valence-electron chi connectivity index (χ1n) is 6.39. The van der Waals surface area contributed by atoms with Crippen molar-refractivity contribution in [1.82, 2.24) is 0 Å². The van der Waals surface area contributed by atoms with Crippen LogP contribution < -0.4 is 0 Å². The largest absolute Gasteiger partial charge is 0.289 e. The lowest BCUT2D eigenvalue weighted by molar-refractivity contribution is 0.104. The molecule has 0 saturated carbocycles. The zero-order valence-electron chi connectivity index (χ0n) is 10.7. The quantitative estimate of drug-likeness (QED) is 0.628. The van der Waals surface area contributed by atoms with Gasteiger partial charge in [0.1, 0.15) is 0 Å². The van der Waals surface area contributed by atoms with Gasteiger partial charge in [-0.2, -0.15) is 0 Å². The highest BCUT2D eigenvalue weighted by Gasteiger charge is 2.12. The highest BCUT2D eigenvalue weighted by Crippen LogP contribution is 2.26. The SMILES string of the molecule is CCc1ccc(C(=O)c2cccc3ccsc23)cc1. The van der Waals surface area contributed by atoms with Crippen LogP contribution in [-0.4, -0.2) is 5.78 Å². The minimum absolute atomic E-state index is 0.107. The Morgan fingerprint density at radius 2 is 1.84 bits per heavy atom. The Bertz CT molecular complexity index is 722. The van der Waals surface area contributed by atoms with Crippen LogP contribution in [0.1, 0.15) is 28.4 Å². The summed E-state index contributed by atoms with van der Waals surface area (Å²) in [4.78, 5) is 12.6. The van der Waals surface area contributed by atoms with E-state index in [0.29, 0.717) is 0 Å². The van der Waals surface area contributed by atoms with Crippen LogP contribution in [0.2, 0.25) is 0 Å². The average molecular weight is 266 g/mol. The molecule has 0 bridgehead atoms. The zero-order valence-corrected chi connectivity index (χ0v) is 11.5. The standard InChI is InChI=1S/C17H14OS/c1-2-12-6-8-13(9-7-12)16(18)15-5-3-4-14-10-11-19-17(14)15/h3-11H,2H2,1H3. The van der Waals surface area contributed by atoms with Crippen LogP contribution in [0.3, 0.4) is 0 Å². The molecule has 2 aromatic carbocycles. The molecule has 19 heavy (non-hydrogen) atoms. The number of carbonyl (C=O) groups is 1. The Labute approximate surface area is 116 Å². The van der Waals surface area contributed by atoms with E-state index in [2.05, 4.69) is 13.0 Å². The second kappa shape index (κ2) is 4.98. The molecule has 0 unspecified atom stereocenters. The third-order valence-electron chi connectivity index (χ3n) is 3.35. The topological polar surface area (TPSA) is 17.1 Å². The number of hydrogen-bond acceptors (Lipinski definition) is 2.